The molecular weight excluding hydrogens is 374 g/mol. The normalized spacial score (nSPS) is 17.0. The third-order valence-electron chi connectivity index (χ3n) is 5.72. The van der Waals surface area contributed by atoms with Crippen LogP contribution >= 0.6 is 0 Å². The second-order valence-electron chi connectivity index (χ2n) is 7.85. The molecule has 0 bridgehead atoms. The first kappa shape index (κ1) is 20.3. The molecule has 1 aliphatic rings. The van der Waals surface area contributed by atoms with Gasteiger partial charge in [-0.05, 0) is 61.9 Å². The molecular formula is C24H29N5O. The van der Waals surface area contributed by atoms with Crippen molar-refractivity contribution in [1.82, 2.24) is 25.6 Å². The van der Waals surface area contributed by atoms with Crippen molar-refractivity contribution in [1.29, 1.82) is 0 Å². The van der Waals surface area contributed by atoms with E-state index in [-0.39, 0.29) is 18.0 Å². The Labute approximate surface area is 177 Å². The van der Waals surface area contributed by atoms with Gasteiger partial charge in [0.15, 0.2) is 0 Å². The molecule has 0 saturated carbocycles. The first-order chi connectivity index (χ1) is 14.7. The molecule has 4 rings (SSSR count). The van der Waals surface area contributed by atoms with Crippen LogP contribution in [0.2, 0.25) is 0 Å². The van der Waals surface area contributed by atoms with Crippen LogP contribution < -0.4 is 10.6 Å². The van der Waals surface area contributed by atoms with Crippen LogP contribution in [-0.4, -0.2) is 33.5 Å². The van der Waals surface area contributed by atoms with Crippen molar-refractivity contribution in [3.63, 3.8) is 0 Å². The molecule has 2 heterocycles. The van der Waals surface area contributed by atoms with Gasteiger partial charge in [-0.25, -0.2) is 4.68 Å². The number of amides is 1. The number of carbonyl (C=O) groups is 1. The second-order valence-corrected chi connectivity index (χ2v) is 7.85. The lowest BCUT2D eigenvalue weighted by molar-refractivity contribution is -0.123. The van der Waals surface area contributed by atoms with Crippen LogP contribution in [0.5, 0.6) is 0 Å². The molecule has 1 aliphatic heterocycles. The summed E-state index contributed by atoms with van der Waals surface area (Å²) in [6.07, 6.45) is 6.63. The van der Waals surface area contributed by atoms with Crippen molar-refractivity contribution in [2.75, 3.05) is 6.54 Å². The van der Waals surface area contributed by atoms with E-state index in [1.165, 1.54) is 5.56 Å². The molecule has 3 aromatic rings. The molecule has 0 spiro atoms. The highest BCUT2D eigenvalue weighted by atomic mass is 16.2. The number of benzene rings is 2. The highest BCUT2D eigenvalue weighted by Crippen LogP contribution is 2.20. The van der Waals surface area contributed by atoms with Gasteiger partial charge in [0.05, 0.1) is 29.7 Å². The van der Waals surface area contributed by atoms with E-state index < -0.39 is 0 Å². The van der Waals surface area contributed by atoms with Gasteiger partial charge in [0, 0.05) is 0 Å². The summed E-state index contributed by atoms with van der Waals surface area (Å²) >= 11 is 0. The van der Waals surface area contributed by atoms with E-state index in [1.807, 2.05) is 29.1 Å². The van der Waals surface area contributed by atoms with Crippen LogP contribution in [0.15, 0.2) is 60.8 Å². The lowest BCUT2D eigenvalue weighted by Gasteiger charge is -2.20. The Kier molecular flexibility index (Phi) is 6.54. The fraction of sp³-hybridized carbons (Fsp3) is 0.375. The van der Waals surface area contributed by atoms with Crippen molar-refractivity contribution in [3.05, 3.63) is 77.6 Å². The number of aryl methyl sites for hydroxylation is 2. The predicted octanol–water partition coefficient (Wildman–Crippen LogP) is 3.37. The average Bonchev–Trinajstić information content (AvgIpc) is 3.49. The highest BCUT2D eigenvalue weighted by Gasteiger charge is 2.24. The van der Waals surface area contributed by atoms with Gasteiger partial charge in [0.25, 0.3) is 0 Å². The maximum Gasteiger partial charge on any atom is 0.237 e. The first-order valence-electron chi connectivity index (χ1n) is 10.8. The summed E-state index contributed by atoms with van der Waals surface area (Å²) in [4.78, 5) is 12.4. The van der Waals surface area contributed by atoms with Gasteiger partial charge in [-0.2, -0.15) is 0 Å². The number of carbonyl (C=O) groups excluding carboxylic acids is 1. The minimum atomic E-state index is -0.0530. The molecule has 30 heavy (non-hydrogen) atoms. The lowest BCUT2D eigenvalue weighted by atomic mass is 10.0. The van der Waals surface area contributed by atoms with Crippen LogP contribution in [0.25, 0.3) is 5.69 Å². The third kappa shape index (κ3) is 4.94. The molecule has 2 N–H and O–H groups in total. The summed E-state index contributed by atoms with van der Waals surface area (Å²) in [6.45, 7) is 3.02. The van der Waals surface area contributed by atoms with Gasteiger partial charge in [0.1, 0.15) is 0 Å². The zero-order valence-electron chi connectivity index (χ0n) is 17.4. The molecule has 2 atom stereocenters. The Bertz CT molecular complexity index is 945. The summed E-state index contributed by atoms with van der Waals surface area (Å²) in [5, 5.41) is 15.0. The molecule has 0 radical (unpaired) electrons. The number of hydrogen-bond acceptors (Lipinski definition) is 4. The van der Waals surface area contributed by atoms with Gasteiger partial charge >= 0.3 is 0 Å². The van der Waals surface area contributed by atoms with E-state index in [0.717, 1.165) is 55.6 Å². The van der Waals surface area contributed by atoms with Crippen LogP contribution in [0, 0.1) is 0 Å². The molecule has 1 unspecified atom stereocenters. The van der Waals surface area contributed by atoms with E-state index in [2.05, 4.69) is 64.3 Å². The Morgan fingerprint density at radius 3 is 2.67 bits per heavy atom. The quantitative estimate of drug-likeness (QED) is 0.605. The smallest absolute Gasteiger partial charge is 0.237 e. The van der Waals surface area contributed by atoms with E-state index in [1.54, 1.807) is 0 Å². The maximum atomic E-state index is 12.4. The van der Waals surface area contributed by atoms with E-state index >= 15 is 0 Å². The zero-order chi connectivity index (χ0) is 20.8. The Morgan fingerprint density at radius 2 is 1.97 bits per heavy atom. The average molecular weight is 404 g/mol. The first-order valence-corrected chi connectivity index (χ1v) is 10.8. The molecule has 1 fully saturated rings. The van der Waals surface area contributed by atoms with E-state index in [0.29, 0.717) is 0 Å². The number of aromatic nitrogens is 3. The molecule has 0 aliphatic carbocycles. The van der Waals surface area contributed by atoms with E-state index in [9.17, 15) is 4.79 Å². The number of hydrogen-bond donors (Lipinski definition) is 2. The Hall–Kier alpha value is -2.99. The SMILES string of the molecule is CC[C@H](NC(=O)C1CCCN1)c1ccc(-n2cc(CCc3ccccc3)nn2)cc1. The van der Waals surface area contributed by atoms with Crippen molar-refractivity contribution in [2.24, 2.45) is 0 Å². The van der Waals surface area contributed by atoms with E-state index in [4.69, 9.17) is 0 Å². The van der Waals surface area contributed by atoms with Gasteiger partial charge in [-0.3, -0.25) is 4.79 Å². The monoisotopic (exact) mass is 403 g/mol. The molecule has 1 aromatic heterocycles. The van der Waals surface area contributed by atoms with Gasteiger partial charge in [-0.1, -0.05) is 54.6 Å². The standard InChI is InChI=1S/C24H29N5O/c1-2-22(26-24(30)23-9-6-16-25-23)19-11-14-21(15-12-19)29-17-20(27-28-29)13-10-18-7-4-3-5-8-18/h3-5,7-8,11-12,14-15,17,22-23,25H,2,6,9-10,13,16H2,1H3,(H,26,30)/t22-,23?/m0/s1. The van der Waals surface area contributed by atoms with Gasteiger partial charge < -0.3 is 10.6 Å². The lowest BCUT2D eigenvalue weighted by Crippen LogP contribution is -2.41. The summed E-state index contributed by atoms with van der Waals surface area (Å²) in [6, 6.07) is 18.6. The Balaban J connectivity index is 1.37. The van der Waals surface area contributed by atoms with Crippen molar-refractivity contribution in [2.45, 2.75) is 51.1 Å². The summed E-state index contributed by atoms with van der Waals surface area (Å²) < 4.78 is 1.81. The van der Waals surface area contributed by atoms with Crippen molar-refractivity contribution in [3.8, 4) is 5.69 Å². The number of nitrogens with zero attached hydrogens (tertiary/aromatic N) is 3. The maximum absolute atomic E-state index is 12.4. The minimum absolute atomic E-state index is 0.0196. The predicted molar refractivity (Wildman–Crippen MR) is 117 cm³/mol. The van der Waals surface area contributed by atoms with Crippen LogP contribution in [0.4, 0.5) is 0 Å². The van der Waals surface area contributed by atoms with Crippen LogP contribution in [-0.2, 0) is 17.6 Å². The summed E-state index contributed by atoms with van der Waals surface area (Å²) in [5.41, 5.74) is 4.36. The summed E-state index contributed by atoms with van der Waals surface area (Å²) in [7, 11) is 0. The minimum Gasteiger partial charge on any atom is -0.348 e. The molecule has 1 amide bonds. The highest BCUT2D eigenvalue weighted by molar-refractivity contribution is 5.82. The topological polar surface area (TPSA) is 71.8 Å². The Morgan fingerprint density at radius 1 is 1.17 bits per heavy atom. The summed E-state index contributed by atoms with van der Waals surface area (Å²) in [5.74, 6) is 0.0998. The second kappa shape index (κ2) is 9.67. The fourth-order valence-corrected chi connectivity index (χ4v) is 3.92. The van der Waals surface area contributed by atoms with Crippen molar-refractivity contribution >= 4 is 5.91 Å². The van der Waals surface area contributed by atoms with Crippen molar-refractivity contribution < 1.29 is 4.79 Å². The van der Waals surface area contributed by atoms with Crippen LogP contribution in [0.1, 0.15) is 49.0 Å². The molecule has 1 saturated heterocycles. The van der Waals surface area contributed by atoms with Gasteiger partial charge in [-0.15, -0.1) is 5.10 Å². The van der Waals surface area contributed by atoms with Gasteiger partial charge in [0.2, 0.25) is 5.91 Å². The fourth-order valence-electron chi connectivity index (χ4n) is 3.92. The third-order valence-corrected chi connectivity index (χ3v) is 5.72. The number of nitrogens with one attached hydrogen (secondary N) is 2. The zero-order valence-corrected chi connectivity index (χ0v) is 17.4. The van der Waals surface area contributed by atoms with Crippen LogP contribution in [0.3, 0.4) is 0 Å². The largest absolute Gasteiger partial charge is 0.348 e. The molecule has 156 valence electrons. The molecule has 2 aromatic carbocycles. The number of rotatable bonds is 8. The molecule has 6 heteroatoms. The molecule has 6 nitrogen and oxygen atoms in total.